The third-order valence-electron chi connectivity index (χ3n) is 6.84. The molecule has 5 heteroatoms. The van der Waals surface area contributed by atoms with Gasteiger partial charge in [0, 0.05) is 0 Å². The molecule has 0 radical (unpaired) electrons. The van der Waals surface area contributed by atoms with Gasteiger partial charge in [0.2, 0.25) is 0 Å². The summed E-state index contributed by atoms with van der Waals surface area (Å²) in [5.74, 6) is 0. The fourth-order valence-corrected chi connectivity index (χ4v) is 4.76. The molecule has 4 aromatic rings. The fraction of sp³-hybridized carbons (Fsp3) is 0.294. The highest BCUT2D eigenvalue weighted by atomic mass is 16.7. The van der Waals surface area contributed by atoms with E-state index in [1.807, 2.05) is 91.9 Å². The predicted molar refractivity (Wildman–Crippen MR) is 151 cm³/mol. The highest BCUT2D eigenvalue weighted by molar-refractivity contribution is 5.16. The summed E-state index contributed by atoms with van der Waals surface area (Å²) in [5, 5.41) is 0. The van der Waals surface area contributed by atoms with Crippen LogP contribution in [0, 0.1) is 0 Å². The van der Waals surface area contributed by atoms with Crippen molar-refractivity contribution in [3.05, 3.63) is 144 Å². The van der Waals surface area contributed by atoms with Gasteiger partial charge in [-0.1, -0.05) is 121 Å². The van der Waals surface area contributed by atoms with Gasteiger partial charge in [-0.05, 0) is 29.2 Å². The van der Waals surface area contributed by atoms with E-state index in [0.29, 0.717) is 26.4 Å². The summed E-state index contributed by atoms with van der Waals surface area (Å²) in [7, 11) is 0. The van der Waals surface area contributed by atoms with Crippen molar-refractivity contribution in [2.45, 2.75) is 64.1 Å². The lowest BCUT2D eigenvalue weighted by Crippen LogP contribution is -2.60. The Morgan fingerprint density at radius 3 is 1.18 bits per heavy atom. The van der Waals surface area contributed by atoms with Crippen LogP contribution < -0.4 is 0 Å². The zero-order valence-electron chi connectivity index (χ0n) is 22.3. The first-order chi connectivity index (χ1) is 19.3. The van der Waals surface area contributed by atoms with E-state index in [1.54, 1.807) is 0 Å². The molecule has 39 heavy (non-hydrogen) atoms. The zero-order chi connectivity index (χ0) is 26.7. The minimum atomic E-state index is -0.624. The van der Waals surface area contributed by atoms with Crippen molar-refractivity contribution in [1.29, 1.82) is 0 Å². The molecule has 0 N–H and O–H groups in total. The Morgan fingerprint density at radius 1 is 0.436 bits per heavy atom. The summed E-state index contributed by atoms with van der Waals surface area (Å²) in [5.41, 5.74) is 4.32. The average molecular weight is 525 g/mol. The minimum Gasteiger partial charge on any atom is -0.368 e. The van der Waals surface area contributed by atoms with Gasteiger partial charge in [-0.3, -0.25) is 0 Å². The van der Waals surface area contributed by atoms with Crippen LogP contribution >= 0.6 is 0 Å². The van der Waals surface area contributed by atoms with Crippen LogP contribution in [-0.4, -0.2) is 30.7 Å². The normalized spacial score (nSPS) is 22.9. The number of benzene rings is 4. The second-order valence-corrected chi connectivity index (χ2v) is 9.79. The Hall–Kier alpha value is -3.32. The van der Waals surface area contributed by atoms with Crippen LogP contribution in [0.4, 0.5) is 0 Å². The first-order valence-electron chi connectivity index (χ1n) is 13.5. The first-order valence-corrected chi connectivity index (χ1v) is 13.5. The molecule has 1 aliphatic heterocycles. The highest BCUT2D eigenvalue weighted by Crippen LogP contribution is 2.31. The Morgan fingerprint density at radius 2 is 0.769 bits per heavy atom. The number of hydrogen-bond acceptors (Lipinski definition) is 5. The molecule has 1 heterocycles. The maximum atomic E-state index is 6.61. The molecule has 1 fully saturated rings. The molecule has 5 nitrogen and oxygen atoms in total. The quantitative estimate of drug-likeness (QED) is 0.206. The number of rotatable bonds is 12. The van der Waals surface area contributed by atoms with E-state index in [9.17, 15) is 0 Å². The summed E-state index contributed by atoms with van der Waals surface area (Å²) in [6.07, 6.45) is -2.17. The lowest BCUT2D eigenvalue weighted by atomic mass is 9.98. The molecule has 0 amide bonds. The molecule has 0 aromatic heterocycles. The van der Waals surface area contributed by atoms with Crippen LogP contribution in [0.2, 0.25) is 0 Å². The standard InChI is InChI=1S/C34H36O5/c1-26-31(35-22-27-14-6-2-7-15-27)32(36-23-28-16-8-3-9-17-28)33(37-24-29-18-10-4-11-19-29)34(39-26)38-25-30-20-12-5-13-21-30/h2-21,26,31-34H,22-25H2,1H3/t26-,31-,32+,33+,34?/m0/s1. The first kappa shape index (κ1) is 27.3. The fourth-order valence-electron chi connectivity index (χ4n) is 4.76. The molecule has 5 atom stereocenters. The summed E-state index contributed by atoms with van der Waals surface area (Å²) in [4.78, 5) is 0. The van der Waals surface area contributed by atoms with Crippen molar-refractivity contribution in [1.82, 2.24) is 0 Å². The van der Waals surface area contributed by atoms with Crippen molar-refractivity contribution in [3.8, 4) is 0 Å². The SMILES string of the molecule is C[C@@H]1OC(OCc2ccccc2)[C@H](OCc2ccccc2)[C@H](OCc2ccccc2)[C@H]1OCc1ccccc1. The topological polar surface area (TPSA) is 46.2 Å². The van der Waals surface area contributed by atoms with Gasteiger partial charge in [-0.15, -0.1) is 0 Å². The van der Waals surface area contributed by atoms with E-state index >= 15 is 0 Å². The van der Waals surface area contributed by atoms with Crippen molar-refractivity contribution in [2.75, 3.05) is 0 Å². The molecule has 1 aliphatic rings. The van der Waals surface area contributed by atoms with E-state index in [0.717, 1.165) is 22.3 Å². The van der Waals surface area contributed by atoms with Crippen molar-refractivity contribution >= 4 is 0 Å². The molecular formula is C34H36O5. The maximum absolute atomic E-state index is 6.61. The highest BCUT2D eigenvalue weighted by Gasteiger charge is 2.47. The molecule has 0 spiro atoms. The van der Waals surface area contributed by atoms with E-state index < -0.39 is 18.5 Å². The molecule has 0 bridgehead atoms. The predicted octanol–water partition coefficient (Wildman–Crippen LogP) is 6.70. The van der Waals surface area contributed by atoms with Gasteiger partial charge in [0.15, 0.2) is 6.29 Å². The second kappa shape index (κ2) is 14.2. The van der Waals surface area contributed by atoms with Gasteiger partial charge in [0.25, 0.3) is 0 Å². The van der Waals surface area contributed by atoms with Gasteiger partial charge in [-0.2, -0.15) is 0 Å². The van der Waals surface area contributed by atoms with Gasteiger partial charge in [0.05, 0.1) is 32.5 Å². The van der Waals surface area contributed by atoms with Crippen LogP contribution in [0.3, 0.4) is 0 Å². The zero-order valence-corrected chi connectivity index (χ0v) is 22.3. The summed E-state index contributed by atoms with van der Waals surface area (Å²) in [6, 6.07) is 40.5. The third kappa shape index (κ3) is 7.85. The molecule has 4 aromatic carbocycles. The Balaban J connectivity index is 1.38. The van der Waals surface area contributed by atoms with Crippen molar-refractivity contribution in [3.63, 3.8) is 0 Å². The van der Waals surface area contributed by atoms with E-state index in [1.165, 1.54) is 0 Å². The lowest BCUT2D eigenvalue weighted by Gasteiger charge is -2.45. The molecule has 5 rings (SSSR count). The Bertz CT molecular complexity index is 1220. The Kier molecular flexibility index (Phi) is 9.91. The lowest BCUT2D eigenvalue weighted by molar-refractivity contribution is -0.322. The molecule has 0 saturated carbocycles. The second-order valence-electron chi connectivity index (χ2n) is 9.79. The molecular weight excluding hydrogens is 488 g/mol. The van der Waals surface area contributed by atoms with Crippen LogP contribution in [0.5, 0.6) is 0 Å². The molecule has 202 valence electrons. The van der Waals surface area contributed by atoms with Crippen LogP contribution in [-0.2, 0) is 50.1 Å². The monoisotopic (exact) mass is 524 g/mol. The van der Waals surface area contributed by atoms with Gasteiger partial charge >= 0.3 is 0 Å². The van der Waals surface area contributed by atoms with Crippen LogP contribution in [0.25, 0.3) is 0 Å². The van der Waals surface area contributed by atoms with Crippen LogP contribution in [0.15, 0.2) is 121 Å². The minimum absolute atomic E-state index is 0.271. The van der Waals surface area contributed by atoms with Crippen molar-refractivity contribution < 1.29 is 23.7 Å². The average Bonchev–Trinajstić information content (AvgIpc) is 3.00. The van der Waals surface area contributed by atoms with Crippen LogP contribution in [0.1, 0.15) is 29.2 Å². The third-order valence-corrected chi connectivity index (χ3v) is 6.84. The van der Waals surface area contributed by atoms with E-state index in [2.05, 4.69) is 36.4 Å². The van der Waals surface area contributed by atoms with Gasteiger partial charge in [-0.25, -0.2) is 0 Å². The molecule has 0 aliphatic carbocycles. The van der Waals surface area contributed by atoms with E-state index in [4.69, 9.17) is 23.7 Å². The maximum Gasteiger partial charge on any atom is 0.187 e. The van der Waals surface area contributed by atoms with Gasteiger partial charge in [0.1, 0.15) is 18.3 Å². The molecule has 1 saturated heterocycles. The number of hydrogen-bond donors (Lipinski definition) is 0. The smallest absolute Gasteiger partial charge is 0.187 e. The van der Waals surface area contributed by atoms with Crippen molar-refractivity contribution in [2.24, 2.45) is 0 Å². The summed E-state index contributed by atoms with van der Waals surface area (Å²) in [6.45, 7) is 3.71. The Labute approximate surface area is 231 Å². The number of ether oxygens (including phenoxy) is 5. The largest absolute Gasteiger partial charge is 0.368 e. The summed E-state index contributed by atoms with van der Waals surface area (Å²) >= 11 is 0. The molecule has 1 unspecified atom stereocenters. The summed E-state index contributed by atoms with van der Waals surface area (Å²) < 4.78 is 32.4. The van der Waals surface area contributed by atoms with E-state index in [-0.39, 0.29) is 12.2 Å². The van der Waals surface area contributed by atoms with Gasteiger partial charge < -0.3 is 23.7 Å².